The van der Waals surface area contributed by atoms with Gasteiger partial charge in [-0.25, -0.2) is 0 Å². The maximum Gasteiger partial charge on any atom is 0.253 e. The first-order valence-corrected chi connectivity index (χ1v) is 7.20. The number of rotatable bonds is 2. The molecule has 1 aromatic rings. The van der Waals surface area contributed by atoms with Gasteiger partial charge in [0.25, 0.3) is 5.91 Å². The van der Waals surface area contributed by atoms with Crippen LogP contribution in [0.3, 0.4) is 0 Å². The van der Waals surface area contributed by atoms with Crippen LogP contribution in [0.1, 0.15) is 29.6 Å². The van der Waals surface area contributed by atoms with Crippen molar-refractivity contribution in [2.24, 2.45) is 0 Å². The van der Waals surface area contributed by atoms with Crippen LogP contribution in [0.2, 0.25) is 0 Å². The number of nitrogens with two attached hydrogens (primary N) is 1. The highest BCUT2D eigenvalue weighted by molar-refractivity contribution is 6.00. The van der Waals surface area contributed by atoms with E-state index in [0.29, 0.717) is 30.0 Å². The predicted molar refractivity (Wildman–Crippen MR) is 79.0 cm³/mol. The average Bonchev–Trinajstić information content (AvgIpc) is 2.94. The molecule has 1 amide bonds. The van der Waals surface area contributed by atoms with Gasteiger partial charge in [0.2, 0.25) is 0 Å². The minimum Gasteiger partial charge on any atom is -0.399 e. The monoisotopic (exact) mass is 275 g/mol. The van der Waals surface area contributed by atoms with Gasteiger partial charge >= 0.3 is 0 Å². The van der Waals surface area contributed by atoms with Crippen molar-refractivity contribution in [2.75, 3.05) is 30.8 Å². The van der Waals surface area contributed by atoms with E-state index in [-0.39, 0.29) is 5.91 Å². The number of morpholine rings is 1. The average molecular weight is 275 g/mol. The zero-order valence-electron chi connectivity index (χ0n) is 11.8. The SMILES string of the molecule is CNC(=O)c1ccc(N)cc1N1CCOC2CCCC21. The Bertz CT molecular complexity index is 518. The van der Waals surface area contributed by atoms with Crippen LogP contribution in [0.15, 0.2) is 18.2 Å². The van der Waals surface area contributed by atoms with E-state index in [0.717, 1.165) is 25.1 Å². The summed E-state index contributed by atoms with van der Waals surface area (Å²) in [7, 11) is 1.65. The highest BCUT2D eigenvalue weighted by atomic mass is 16.5. The third-order valence-electron chi connectivity index (χ3n) is 4.29. The van der Waals surface area contributed by atoms with E-state index in [2.05, 4.69) is 10.2 Å². The third-order valence-corrected chi connectivity index (χ3v) is 4.29. The first-order chi connectivity index (χ1) is 9.70. The number of amides is 1. The number of hydrogen-bond acceptors (Lipinski definition) is 4. The molecule has 1 aliphatic heterocycles. The number of benzene rings is 1. The molecule has 2 fully saturated rings. The van der Waals surface area contributed by atoms with Crippen molar-refractivity contribution in [2.45, 2.75) is 31.4 Å². The molecule has 1 aliphatic carbocycles. The van der Waals surface area contributed by atoms with Gasteiger partial charge in [0, 0.05) is 19.3 Å². The number of nitrogens with one attached hydrogen (secondary N) is 1. The Hall–Kier alpha value is -1.75. The zero-order valence-corrected chi connectivity index (χ0v) is 11.8. The van der Waals surface area contributed by atoms with Gasteiger partial charge in [0.05, 0.1) is 30.0 Å². The molecule has 0 bridgehead atoms. The van der Waals surface area contributed by atoms with Crippen molar-refractivity contribution in [3.05, 3.63) is 23.8 Å². The minimum atomic E-state index is -0.0685. The van der Waals surface area contributed by atoms with Gasteiger partial charge in [0.15, 0.2) is 0 Å². The molecule has 1 saturated carbocycles. The number of anilines is 2. The summed E-state index contributed by atoms with van der Waals surface area (Å²) >= 11 is 0. The normalized spacial score (nSPS) is 25.4. The van der Waals surface area contributed by atoms with Crippen LogP contribution in [-0.4, -0.2) is 38.3 Å². The Morgan fingerprint density at radius 2 is 2.30 bits per heavy atom. The number of nitrogen functional groups attached to an aromatic ring is 1. The molecule has 108 valence electrons. The molecule has 3 rings (SSSR count). The number of hydrogen-bond donors (Lipinski definition) is 2. The van der Waals surface area contributed by atoms with Crippen LogP contribution in [0.25, 0.3) is 0 Å². The van der Waals surface area contributed by atoms with E-state index in [1.165, 1.54) is 6.42 Å². The summed E-state index contributed by atoms with van der Waals surface area (Å²) in [5.41, 5.74) is 8.24. The lowest BCUT2D eigenvalue weighted by molar-refractivity contribution is 0.0255. The van der Waals surface area contributed by atoms with Gasteiger partial charge in [-0.05, 0) is 37.5 Å². The molecule has 0 spiro atoms. The molecule has 2 unspecified atom stereocenters. The predicted octanol–water partition coefficient (Wildman–Crippen LogP) is 1.39. The number of ether oxygens (including phenoxy) is 1. The van der Waals surface area contributed by atoms with Crippen molar-refractivity contribution in [3.63, 3.8) is 0 Å². The minimum absolute atomic E-state index is 0.0685. The third kappa shape index (κ3) is 2.22. The van der Waals surface area contributed by atoms with Crippen molar-refractivity contribution in [1.29, 1.82) is 0 Å². The second-order valence-electron chi connectivity index (χ2n) is 5.46. The fourth-order valence-corrected chi connectivity index (χ4v) is 3.34. The summed E-state index contributed by atoms with van der Waals surface area (Å²) in [6.07, 6.45) is 3.71. The van der Waals surface area contributed by atoms with Crippen molar-refractivity contribution < 1.29 is 9.53 Å². The number of fused-ring (bicyclic) bond motifs is 1. The molecule has 3 N–H and O–H groups in total. The van der Waals surface area contributed by atoms with Crippen LogP contribution in [0, 0.1) is 0 Å². The van der Waals surface area contributed by atoms with Gasteiger partial charge in [0.1, 0.15) is 0 Å². The van der Waals surface area contributed by atoms with Crippen molar-refractivity contribution in [3.8, 4) is 0 Å². The summed E-state index contributed by atoms with van der Waals surface area (Å²) in [4.78, 5) is 14.4. The van der Waals surface area contributed by atoms with E-state index < -0.39 is 0 Å². The molecule has 2 atom stereocenters. The molecule has 1 saturated heterocycles. The number of carbonyl (C=O) groups excluding carboxylic acids is 1. The maximum absolute atomic E-state index is 12.1. The van der Waals surface area contributed by atoms with Crippen LogP contribution < -0.4 is 16.0 Å². The highest BCUT2D eigenvalue weighted by Crippen LogP contribution is 2.35. The quantitative estimate of drug-likeness (QED) is 0.800. The molecule has 5 nitrogen and oxygen atoms in total. The molecular formula is C15H21N3O2. The molecule has 20 heavy (non-hydrogen) atoms. The van der Waals surface area contributed by atoms with Gasteiger partial charge in [-0.2, -0.15) is 0 Å². The van der Waals surface area contributed by atoms with Crippen molar-refractivity contribution in [1.82, 2.24) is 5.32 Å². The maximum atomic E-state index is 12.1. The summed E-state index contributed by atoms with van der Waals surface area (Å²) in [6, 6.07) is 5.86. The van der Waals surface area contributed by atoms with Crippen LogP contribution in [-0.2, 0) is 4.74 Å². The zero-order chi connectivity index (χ0) is 14.1. The lowest BCUT2D eigenvalue weighted by Gasteiger charge is -2.40. The second-order valence-corrected chi connectivity index (χ2v) is 5.46. The van der Waals surface area contributed by atoms with Crippen LogP contribution in [0.5, 0.6) is 0 Å². The van der Waals surface area contributed by atoms with Gasteiger partial charge < -0.3 is 20.7 Å². The first kappa shape index (κ1) is 13.2. The smallest absolute Gasteiger partial charge is 0.253 e. The summed E-state index contributed by atoms with van der Waals surface area (Å²) in [5, 5.41) is 2.70. The van der Waals surface area contributed by atoms with Gasteiger partial charge in [-0.1, -0.05) is 0 Å². The van der Waals surface area contributed by atoms with Crippen molar-refractivity contribution >= 4 is 17.3 Å². The fraction of sp³-hybridized carbons (Fsp3) is 0.533. The summed E-state index contributed by atoms with van der Waals surface area (Å²) < 4.78 is 5.84. The lowest BCUT2D eigenvalue weighted by Crippen LogP contribution is -2.49. The summed E-state index contributed by atoms with van der Waals surface area (Å²) in [6.45, 7) is 1.53. The Kier molecular flexibility index (Phi) is 3.53. The number of carbonyl (C=O) groups is 1. The molecular weight excluding hydrogens is 254 g/mol. The van der Waals surface area contributed by atoms with Crippen LogP contribution in [0.4, 0.5) is 11.4 Å². The topological polar surface area (TPSA) is 67.6 Å². The first-order valence-electron chi connectivity index (χ1n) is 7.20. The molecule has 5 heteroatoms. The highest BCUT2D eigenvalue weighted by Gasteiger charge is 2.37. The Morgan fingerprint density at radius 1 is 1.45 bits per heavy atom. The van der Waals surface area contributed by atoms with Gasteiger partial charge in [-0.3, -0.25) is 4.79 Å². The van der Waals surface area contributed by atoms with E-state index in [4.69, 9.17) is 10.5 Å². The second kappa shape index (κ2) is 5.32. The Morgan fingerprint density at radius 3 is 3.10 bits per heavy atom. The van der Waals surface area contributed by atoms with E-state index in [1.807, 2.05) is 12.1 Å². The van der Waals surface area contributed by atoms with Gasteiger partial charge in [-0.15, -0.1) is 0 Å². The van der Waals surface area contributed by atoms with E-state index in [1.54, 1.807) is 13.1 Å². The molecule has 0 radical (unpaired) electrons. The van der Waals surface area contributed by atoms with E-state index >= 15 is 0 Å². The number of nitrogens with zero attached hydrogens (tertiary/aromatic N) is 1. The molecule has 1 aromatic carbocycles. The fourth-order valence-electron chi connectivity index (χ4n) is 3.34. The Labute approximate surface area is 119 Å². The largest absolute Gasteiger partial charge is 0.399 e. The van der Waals surface area contributed by atoms with E-state index in [9.17, 15) is 4.79 Å². The lowest BCUT2D eigenvalue weighted by atomic mass is 10.0. The summed E-state index contributed by atoms with van der Waals surface area (Å²) in [5.74, 6) is -0.0685. The van der Waals surface area contributed by atoms with Crippen LogP contribution >= 0.6 is 0 Å². The molecule has 0 aromatic heterocycles. The molecule has 2 aliphatic rings. The standard InChI is InChI=1S/C15H21N3O2/c1-17-15(19)11-6-5-10(16)9-13(11)18-7-8-20-14-4-2-3-12(14)18/h5-6,9,12,14H,2-4,7-8,16H2,1H3,(H,17,19). The Balaban J connectivity index is 1.99. The molecule has 1 heterocycles.